The predicted molar refractivity (Wildman–Crippen MR) is 59.6 cm³/mol. The van der Waals surface area contributed by atoms with Crippen LogP contribution in [-0.2, 0) is 7.05 Å². The zero-order chi connectivity index (χ0) is 10.1. The van der Waals surface area contributed by atoms with Crippen LogP contribution in [0, 0.1) is 0 Å². The largest absolute Gasteiger partial charge is 0.296 e. The molecule has 5 heteroatoms. The van der Waals surface area contributed by atoms with Gasteiger partial charge in [0.15, 0.2) is 6.29 Å². The van der Waals surface area contributed by atoms with Crippen LogP contribution in [0.25, 0.3) is 10.6 Å². The summed E-state index contributed by atoms with van der Waals surface area (Å²) in [5.41, 5.74) is 1.39. The van der Waals surface area contributed by atoms with E-state index in [9.17, 15) is 4.79 Å². The summed E-state index contributed by atoms with van der Waals surface area (Å²) in [7, 11) is 1.76. The van der Waals surface area contributed by atoms with E-state index < -0.39 is 0 Å². The molecule has 72 valence electrons. The zero-order valence-corrected chi connectivity index (χ0v) is 9.80. The number of rotatable bonds is 2. The van der Waals surface area contributed by atoms with Gasteiger partial charge in [-0.25, -0.2) is 0 Å². The number of aldehydes is 1. The van der Waals surface area contributed by atoms with E-state index in [2.05, 4.69) is 21.0 Å². The summed E-state index contributed by atoms with van der Waals surface area (Å²) in [6.45, 7) is 0. The lowest BCUT2D eigenvalue weighted by Crippen LogP contribution is -1.95. The highest BCUT2D eigenvalue weighted by atomic mass is 79.9. The van der Waals surface area contributed by atoms with E-state index in [1.54, 1.807) is 23.1 Å². The number of carbonyl (C=O) groups excluding carboxylic acids is 1. The van der Waals surface area contributed by atoms with Crippen LogP contribution in [0.2, 0.25) is 0 Å². The van der Waals surface area contributed by atoms with Crippen molar-refractivity contribution >= 4 is 33.6 Å². The molecule has 0 unspecified atom stereocenters. The molecular formula is C9H7BrN2OS. The van der Waals surface area contributed by atoms with Gasteiger partial charge in [0.1, 0.15) is 11.4 Å². The topological polar surface area (TPSA) is 34.9 Å². The van der Waals surface area contributed by atoms with Gasteiger partial charge in [-0.15, -0.1) is 11.3 Å². The van der Waals surface area contributed by atoms with E-state index in [0.717, 1.165) is 21.3 Å². The van der Waals surface area contributed by atoms with Gasteiger partial charge >= 0.3 is 0 Å². The van der Waals surface area contributed by atoms with Crippen molar-refractivity contribution in [1.82, 2.24) is 9.78 Å². The molecule has 0 aromatic carbocycles. The van der Waals surface area contributed by atoms with Crippen LogP contribution in [0.3, 0.4) is 0 Å². The smallest absolute Gasteiger partial charge is 0.169 e. The second-order valence-corrected chi connectivity index (χ2v) is 4.51. The van der Waals surface area contributed by atoms with Gasteiger partial charge in [0.2, 0.25) is 0 Å². The Morgan fingerprint density at radius 1 is 1.64 bits per heavy atom. The second-order valence-electron chi connectivity index (χ2n) is 2.77. The summed E-state index contributed by atoms with van der Waals surface area (Å²) in [4.78, 5) is 11.8. The molecule has 0 fully saturated rings. The maximum absolute atomic E-state index is 10.7. The molecule has 0 atom stereocenters. The summed E-state index contributed by atoms with van der Waals surface area (Å²) in [6.07, 6.45) is 0.800. The third kappa shape index (κ3) is 1.42. The molecule has 0 saturated heterocycles. The van der Waals surface area contributed by atoms with Gasteiger partial charge in [0, 0.05) is 7.05 Å². The molecule has 2 aromatic heterocycles. The molecule has 0 aliphatic heterocycles. The van der Waals surface area contributed by atoms with Crippen molar-refractivity contribution in [3.63, 3.8) is 0 Å². The van der Waals surface area contributed by atoms with Gasteiger partial charge in [0.25, 0.3) is 0 Å². The SMILES string of the molecule is Cn1nc(-c2cccs2)c(Br)c1C=O. The number of hydrogen-bond donors (Lipinski definition) is 0. The van der Waals surface area contributed by atoms with Crippen LogP contribution < -0.4 is 0 Å². The monoisotopic (exact) mass is 270 g/mol. The van der Waals surface area contributed by atoms with Crippen molar-refractivity contribution in [2.45, 2.75) is 0 Å². The summed E-state index contributed by atoms with van der Waals surface area (Å²) in [5.74, 6) is 0. The highest BCUT2D eigenvalue weighted by Crippen LogP contribution is 2.31. The van der Waals surface area contributed by atoms with Crippen LogP contribution in [-0.4, -0.2) is 16.1 Å². The van der Waals surface area contributed by atoms with Crippen LogP contribution >= 0.6 is 27.3 Å². The van der Waals surface area contributed by atoms with Crippen molar-refractivity contribution in [2.24, 2.45) is 7.05 Å². The maximum Gasteiger partial charge on any atom is 0.169 e. The first-order valence-electron chi connectivity index (χ1n) is 3.95. The van der Waals surface area contributed by atoms with Gasteiger partial charge < -0.3 is 0 Å². The lowest BCUT2D eigenvalue weighted by molar-refractivity contribution is 0.111. The minimum atomic E-state index is 0.563. The number of carbonyl (C=O) groups is 1. The summed E-state index contributed by atoms with van der Waals surface area (Å²) >= 11 is 4.98. The lowest BCUT2D eigenvalue weighted by atomic mass is 10.3. The van der Waals surface area contributed by atoms with Crippen LogP contribution in [0.1, 0.15) is 10.5 Å². The fraction of sp³-hybridized carbons (Fsp3) is 0.111. The van der Waals surface area contributed by atoms with E-state index in [4.69, 9.17) is 0 Å². The molecular weight excluding hydrogens is 264 g/mol. The van der Waals surface area contributed by atoms with Gasteiger partial charge in [-0.1, -0.05) is 6.07 Å². The Balaban J connectivity index is 2.61. The first-order valence-corrected chi connectivity index (χ1v) is 5.63. The number of nitrogens with zero attached hydrogens (tertiary/aromatic N) is 2. The van der Waals surface area contributed by atoms with E-state index >= 15 is 0 Å². The third-order valence-corrected chi connectivity index (χ3v) is 3.56. The Bertz CT molecular complexity index is 461. The van der Waals surface area contributed by atoms with E-state index in [1.807, 2.05) is 17.5 Å². The average Bonchev–Trinajstić information content (AvgIpc) is 2.74. The molecule has 0 radical (unpaired) electrons. The standard InChI is InChI=1S/C9H7BrN2OS/c1-12-6(5-13)8(10)9(11-12)7-3-2-4-14-7/h2-5H,1H3. The molecule has 0 spiro atoms. The van der Waals surface area contributed by atoms with Crippen molar-refractivity contribution in [1.29, 1.82) is 0 Å². The molecule has 0 aliphatic rings. The Kier molecular flexibility index (Phi) is 2.52. The summed E-state index contributed by atoms with van der Waals surface area (Å²) in [6, 6.07) is 3.94. The molecule has 2 heterocycles. The molecule has 0 bridgehead atoms. The lowest BCUT2D eigenvalue weighted by Gasteiger charge is -1.89. The van der Waals surface area contributed by atoms with Crippen molar-refractivity contribution in [3.8, 4) is 10.6 Å². The predicted octanol–water partition coefficient (Wildman–Crippen LogP) is 2.72. The molecule has 0 aliphatic carbocycles. The highest BCUT2D eigenvalue weighted by molar-refractivity contribution is 9.10. The molecule has 0 amide bonds. The number of hydrogen-bond acceptors (Lipinski definition) is 3. The van der Waals surface area contributed by atoms with E-state index in [-0.39, 0.29) is 0 Å². The van der Waals surface area contributed by atoms with Crippen molar-refractivity contribution in [3.05, 3.63) is 27.7 Å². The Labute approximate surface area is 93.5 Å². The molecule has 0 N–H and O–H groups in total. The van der Waals surface area contributed by atoms with Gasteiger partial charge in [0.05, 0.1) is 9.35 Å². The van der Waals surface area contributed by atoms with Crippen molar-refractivity contribution < 1.29 is 4.79 Å². The van der Waals surface area contributed by atoms with Crippen LogP contribution in [0.15, 0.2) is 22.0 Å². The van der Waals surface area contributed by atoms with E-state index in [0.29, 0.717) is 5.69 Å². The van der Waals surface area contributed by atoms with Gasteiger partial charge in [-0.2, -0.15) is 5.10 Å². The molecule has 0 saturated carbocycles. The minimum absolute atomic E-state index is 0.563. The Morgan fingerprint density at radius 2 is 2.43 bits per heavy atom. The third-order valence-electron chi connectivity index (χ3n) is 1.90. The number of thiophene rings is 1. The first-order chi connectivity index (χ1) is 6.74. The normalized spacial score (nSPS) is 10.4. The average molecular weight is 271 g/mol. The van der Waals surface area contributed by atoms with Crippen molar-refractivity contribution in [2.75, 3.05) is 0 Å². The number of aryl methyl sites for hydroxylation is 1. The van der Waals surface area contributed by atoms with Crippen LogP contribution in [0.5, 0.6) is 0 Å². The fourth-order valence-electron chi connectivity index (χ4n) is 1.21. The number of halogens is 1. The number of aromatic nitrogens is 2. The van der Waals surface area contributed by atoms with Gasteiger partial charge in [-0.05, 0) is 27.4 Å². The van der Waals surface area contributed by atoms with E-state index in [1.165, 1.54) is 0 Å². The van der Waals surface area contributed by atoms with Gasteiger partial charge in [-0.3, -0.25) is 9.48 Å². The first kappa shape index (κ1) is 9.61. The molecule has 2 aromatic rings. The fourth-order valence-corrected chi connectivity index (χ4v) is 2.70. The molecule has 3 nitrogen and oxygen atoms in total. The van der Waals surface area contributed by atoms with Crippen LogP contribution in [0.4, 0.5) is 0 Å². The highest BCUT2D eigenvalue weighted by Gasteiger charge is 2.14. The minimum Gasteiger partial charge on any atom is -0.296 e. The molecule has 2 rings (SSSR count). The summed E-state index contributed by atoms with van der Waals surface area (Å²) in [5, 5.41) is 6.26. The molecule has 14 heavy (non-hydrogen) atoms. The maximum atomic E-state index is 10.7. The summed E-state index contributed by atoms with van der Waals surface area (Å²) < 4.78 is 2.34. The second kappa shape index (κ2) is 3.67. The quantitative estimate of drug-likeness (QED) is 0.787. The Morgan fingerprint density at radius 3 is 2.93 bits per heavy atom. The zero-order valence-electron chi connectivity index (χ0n) is 7.40. The Hall–Kier alpha value is -0.940.